The first-order valence-corrected chi connectivity index (χ1v) is 6.13. The molecule has 0 aromatic carbocycles. The highest BCUT2D eigenvalue weighted by molar-refractivity contribution is 5.92. The number of alkyl halides is 2. The maximum atomic E-state index is 12.1. The van der Waals surface area contributed by atoms with Crippen molar-refractivity contribution in [2.24, 2.45) is 0 Å². The number of esters is 1. The molecular formula is C13H19F2NO4. The van der Waals surface area contributed by atoms with Crippen LogP contribution in [0.15, 0.2) is 12.2 Å². The van der Waals surface area contributed by atoms with Crippen molar-refractivity contribution in [3.05, 3.63) is 12.2 Å². The van der Waals surface area contributed by atoms with Crippen LogP contribution in [0, 0.1) is 0 Å². The number of carbonyl (C=O) groups is 3. The molecule has 0 saturated heterocycles. The number of ketones is 1. The van der Waals surface area contributed by atoms with Crippen molar-refractivity contribution in [3.63, 3.8) is 0 Å². The average Bonchev–Trinajstić information content (AvgIpc) is 2.26. The zero-order valence-corrected chi connectivity index (χ0v) is 11.7. The molecule has 20 heavy (non-hydrogen) atoms. The lowest BCUT2D eigenvalue weighted by atomic mass is 9.88. The lowest BCUT2D eigenvalue weighted by molar-refractivity contribution is -0.154. The van der Waals surface area contributed by atoms with E-state index >= 15 is 0 Å². The molecule has 0 aliphatic heterocycles. The van der Waals surface area contributed by atoms with Crippen molar-refractivity contribution >= 4 is 17.7 Å². The summed E-state index contributed by atoms with van der Waals surface area (Å²) in [4.78, 5) is 34.6. The predicted octanol–water partition coefficient (Wildman–Crippen LogP) is 1.61. The van der Waals surface area contributed by atoms with Gasteiger partial charge in [0.05, 0.1) is 6.61 Å². The van der Waals surface area contributed by atoms with Gasteiger partial charge in [-0.3, -0.25) is 9.59 Å². The molecule has 0 aromatic heterocycles. The molecule has 0 fully saturated rings. The fourth-order valence-electron chi connectivity index (χ4n) is 1.78. The maximum absolute atomic E-state index is 12.1. The lowest BCUT2D eigenvalue weighted by Gasteiger charge is -2.30. The van der Waals surface area contributed by atoms with Gasteiger partial charge < -0.3 is 10.1 Å². The highest BCUT2D eigenvalue weighted by Crippen LogP contribution is 2.20. The molecule has 1 amide bonds. The van der Waals surface area contributed by atoms with E-state index in [1.807, 2.05) is 0 Å². The predicted molar refractivity (Wildman–Crippen MR) is 68.2 cm³/mol. The van der Waals surface area contributed by atoms with E-state index < -0.39 is 23.8 Å². The number of amides is 1. The molecule has 0 heterocycles. The van der Waals surface area contributed by atoms with E-state index in [4.69, 9.17) is 4.74 Å². The van der Waals surface area contributed by atoms with Gasteiger partial charge in [0, 0.05) is 13.3 Å². The standard InChI is InChI=1S/C13H19F2NO4/c1-4-20-12(19)13(8-9(2)17,16-10(3)18)7-5-6-11(14)15/h5-6,11H,4,7-8H2,1-3H3,(H,16,18)/b6-5+. The highest BCUT2D eigenvalue weighted by Gasteiger charge is 2.41. The number of rotatable bonds is 8. The Bertz CT molecular complexity index is 378. The average molecular weight is 291 g/mol. The van der Waals surface area contributed by atoms with Gasteiger partial charge in [-0.15, -0.1) is 0 Å². The summed E-state index contributed by atoms with van der Waals surface area (Å²) in [5, 5.41) is 2.35. The smallest absolute Gasteiger partial charge is 0.332 e. The van der Waals surface area contributed by atoms with Gasteiger partial charge in [0.15, 0.2) is 0 Å². The molecule has 1 N–H and O–H groups in total. The molecule has 0 saturated carbocycles. The molecule has 1 atom stereocenters. The molecular weight excluding hydrogens is 272 g/mol. The van der Waals surface area contributed by atoms with Crippen LogP contribution in [0.2, 0.25) is 0 Å². The van der Waals surface area contributed by atoms with Gasteiger partial charge in [-0.1, -0.05) is 6.08 Å². The Hall–Kier alpha value is -1.79. The van der Waals surface area contributed by atoms with Gasteiger partial charge in [0.25, 0.3) is 6.43 Å². The largest absolute Gasteiger partial charge is 0.464 e. The molecule has 1 unspecified atom stereocenters. The summed E-state index contributed by atoms with van der Waals surface area (Å²) in [6, 6.07) is 0. The van der Waals surface area contributed by atoms with E-state index in [0.29, 0.717) is 6.08 Å². The van der Waals surface area contributed by atoms with E-state index in [2.05, 4.69) is 5.32 Å². The Kier molecular flexibility index (Phi) is 7.64. The zero-order chi connectivity index (χ0) is 15.8. The van der Waals surface area contributed by atoms with Crippen LogP contribution < -0.4 is 5.32 Å². The quantitative estimate of drug-likeness (QED) is 0.545. The molecule has 0 aliphatic carbocycles. The minimum absolute atomic E-state index is 0.0522. The van der Waals surface area contributed by atoms with Crippen LogP contribution >= 0.6 is 0 Å². The third-order valence-corrected chi connectivity index (χ3v) is 2.38. The Balaban J connectivity index is 5.34. The zero-order valence-electron chi connectivity index (χ0n) is 11.7. The molecule has 7 heteroatoms. The Labute approximate surface area is 116 Å². The van der Waals surface area contributed by atoms with Gasteiger partial charge in [-0.05, 0) is 26.3 Å². The van der Waals surface area contributed by atoms with Crippen LogP contribution in [0.25, 0.3) is 0 Å². The third kappa shape index (κ3) is 6.40. The normalized spacial score (nSPS) is 14.1. The maximum Gasteiger partial charge on any atom is 0.332 e. The summed E-state index contributed by atoms with van der Waals surface area (Å²) in [7, 11) is 0. The molecule has 0 aliphatic rings. The SMILES string of the molecule is CCOC(=O)C(C/C=C/C(F)F)(CC(C)=O)NC(C)=O. The first kappa shape index (κ1) is 18.2. The van der Waals surface area contributed by atoms with Gasteiger partial charge in [0.2, 0.25) is 5.91 Å². The Morgan fingerprint density at radius 2 is 1.90 bits per heavy atom. The van der Waals surface area contributed by atoms with Gasteiger partial charge >= 0.3 is 5.97 Å². The van der Waals surface area contributed by atoms with Crippen LogP contribution in [0.5, 0.6) is 0 Å². The number of halogens is 2. The van der Waals surface area contributed by atoms with E-state index in [1.165, 1.54) is 13.8 Å². The van der Waals surface area contributed by atoms with E-state index in [9.17, 15) is 23.2 Å². The van der Waals surface area contributed by atoms with E-state index in [-0.39, 0.29) is 25.2 Å². The molecule has 0 spiro atoms. The molecule has 0 bridgehead atoms. The van der Waals surface area contributed by atoms with Gasteiger partial charge in [0.1, 0.15) is 11.3 Å². The molecule has 0 rings (SSSR count). The second kappa shape index (κ2) is 8.39. The number of allylic oxidation sites excluding steroid dienone is 1. The first-order valence-electron chi connectivity index (χ1n) is 6.13. The van der Waals surface area contributed by atoms with Crippen LogP contribution in [0.4, 0.5) is 8.78 Å². The van der Waals surface area contributed by atoms with Crippen molar-refractivity contribution in [1.29, 1.82) is 0 Å². The monoisotopic (exact) mass is 291 g/mol. The number of carbonyl (C=O) groups excluding carboxylic acids is 3. The molecule has 5 nitrogen and oxygen atoms in total. The number of hydrogen-bond donors (Lipinski definition) is 1. The lowest BCUT2D eigenvalue weighted by Crippen LogP contribution is -2.55. The summed E-state index contributed by atoms with van der Waals surface area (Å²) in [6.07, 6.45) is -1.59. The van der Waals surface area contributed by atoms with Crippen molar-refractivity contribution in [2.75, 3.05) is 6.61 Å². The Morgan fingerprint density at radius 1 is 1.30 bits per heavy atom. The summed E-state index contributed by atoms with van der Waals surface area (Å²) >= 11 is 0. The van der Waals surface area contributed by atoms with Crippen LogP contribution in [-0.4, -0.2) is 36.2 Å². The fraction of sp³-hybridized carbons (Fsp3) is 0.615. The van der Waals surface area contributed by atoms with Gasteiger partial charge in [-0.25, -0.2) is 13.6 Å². The van der Waals surface area contributed by atoms with Gasteiger partial charge in [-0.2, -0.15) is 0 Å². The first-order chi connectivity index (χ1) is 9.23. The summed E-state index contributed by atoms with van der Waals surface area (Å²) in [6.45, 7) is 4.04. The van der Waals surface area contributed by atoms with Crippen LogP contribution in [0.3, 0.4) is 0 Å². The van der Waals surface area contributed by atoms with Crippen molar-refractivity contribution in [1.82, 2.24) is 5.32 Å². The molecule has 0 aromatic rings. The summed E-state index contributed by atoms with van der Waals surface area (Å²) < 4.78 is 29.1. The number of ether oxygens (including phenoxy) is 1. The van der Waals surface area contributed by atoms with Crippen LogP contribution in [-0.2, 0) is 19.1 Å². The molecule has 114 valence electrons. The Morgan fingerprint density at radius 3 is 2.30 bits per heavy atom. The van der Waals surface area contributed by atoms with Crippen molar-refractivity contribution < 1.29 is 27.9 Å². The third-order valence-electron chi connectivity index (χ3n) is 2.38. The summed E-state index contributed by atoms with van der Waals surface area (Å²) in [5.41, 5.74) is -1.64. The van der Waals surface area contributed by atoms with Crippen molar-refractivity contribution in [2.45, 2.75) is 45.6 Å². The van der Waals surface area contributed by atoms with Crippen molar-refractivity contribution in [3.8, 4) is 0 Å². The highest BCUT2D eigenvalue weighted by atomic mass is 19.3. The second-order valence-electron chi connectivity index (χ2n) is 4.33. The fourth-order valence-corrected chi connectivity index (χ4v) is 1.78. The number of nitrogens with one attached hydrogen (secondary N) is 1. The van der Waals surface area contributed by atoms with E-state index in [0.717, 1.165) is 6.08 Å². The minimum Gasteiger partial charge on any atom is -0.464 e. The van der Waals surface area contributed by atoms with Crippen LogP contribution in [0.1, 0.15) is 33.6 Å². The van der Waals surface area contributed by atoms with E-state index in [1.54, 1.807) is 6.92 Å². The topological polar surface area (TPSA) is 72.5 Å². The number of Topliss-reactive ketones (excluding diaryl/α,β-unsaturated/α-hetero) is 1. The number of hydrogen-bond acceptors (Lipinski definition) is 4. The second-order valence-corrected chi connectivity index (χ2v) is 4.33. The minimum atomic E-state index is -2.68. The summed E-state index contributed by atoms with van der Waals surface area (Å²) in [5.74, 6) is -1.73. The molecule has 0 radical (unpaired) electrons.